The predicted octanol–water partition coefficient (Wildman–Crippen LogP) is 6.52. The average molecular weight is 466 g/mol. The summed E-state index contributed by atoms with van der Waals surface area (Å²) in [6.07, 6.45) is 5.79. The van der Waals surface area contributed by atoms with E-state index in [1.54, 1.807) is 6.20 Å². The number of aromatic nitrogens is 3. The highest BCUT2D eigenvalue weighted by Gasteiger charge is 2.12. The van der Waals surface area contributed by atoms with Crippen LogP contribution in [0.3, 0.4) is 0 Å². The average Bonchev–Trinajstić information content (AvgIpc) is 3.49. The third-order valence-electron chi connectivity index (χ3n) is 5.50. The van der Waals surface area contributed by atoms with E-state index >= 15 is 0 Å². The van der Waals surface area contributed by atoms with Crippen molar-refractivity contribution in [3.63, 3.8) is 0 Å². The molecule has 0 aliphatic rings. The van der Waals surface area contributed by atoms with Gasteiger partial charge in [0.05, 0.1) is 11.2 Å². The molecule has 0 bridgehead atoms. The lowest BCUT2D eigenvalue weighted by atomic mass is 10.1. The molecule has 34 heavy (non-hydrogen) atoms. The number of carbonyl (C=O) groups is 1. The summed E-state index contributed by atoms with van der Waals surface area (Å²) in [5.41, 5.74) is 5.67. The van der Waals surface area contributed by atoms with Crippen LogP contribution in [0.5, 0.6) is 0 Å². The topological polar surface area (TPSA) is 73.9 Å². The molecule has 0 aliphatic heterocycles. The monoisotopic (exact) mass is 465 g/mol. The Labute approximate surface area is 201 Å². The summed E-state index contributed by atoms with van der Waals surface area (Å²) in [6, 6.07) is 24.1. The SMILES string of the molecule is Cc1cnc(C(=O)Nc2cccc(N(C)c3ccc4c(C=Cc5ccccc5)n[nH]c4c3)c2)s1. The zero-order chi connectivity index (χ0) is 23.5. The van der Waals surface area contributed by atoms with Gasteiger partial charge in [-0.3, -0.25) is 9.89 Å². The summed E-state index contributed by atoms with van der Waals surface area (Å²) in [4.78, 5) is 19.7. The van der Waals surface area contributed by atoms with Crippen molar-refractivity contribution in [2.45, 2.75) is 6.92 Å². The van der Waals surface area contributed by atoms with E-state index in [1.807, 2.05) is 62.5 Å². The molecule has 0 unspecified atom stereocenters. The number of rotatable bonds is 6. The molecular formula is C27H23N5OS. The van der Waals surface area contributed by atoms with E-state index in [4.69, 9.17) is 0 Å². The van der Waals surface area contributed by atoms with Crippen LogP contribution in [0.4, 0.5) is 17.1 Å². The van der Waals surface area contributed by atoms with Gasteiger partial charge in [-0.2, -0.15) is 5.10 Å². The van der Waals surface area contributed by atoms with Crippen molar-refractivity contribution in [1.29, 1.82) is 0 Å². The highest BCUT2D eigenvalue weighted by molar-refractivity contribution is 7.13. The number of hydrogen-bond acceptors (Lipinski definition) is 5. The van der Waals surface area contributed by atoms with Crippen LogP contribution in [0.25, 0.3) is 23.1 Å². The molecule has 6 nitrogen and oxygen atoms in total. The normalized spacial score (nSPS) is 11.2. The molecule has 0 aliphatic carbocycles. The van der Waals surface area contributed by atoms with Gasteiger partial charge in [-0.1, -0.05) is 42.5 Å². The van der Waals surface area contributed by atoms with Crippen molar-refractivity contribution in [3.8, 4) is 0 Å². The second-order valence-electron chi connectivity index (χ2n) is 7.92. The molecule has 2 aromatic heterocycles. The van der Waals surface area contributed by atoms with E-state index in [9.17, 15) is 4.79 Å². The number of hydrogen-bond donors (Lipinski definition) is 2. The zero-order valence-electron chi connectivity index (χ0n) is 18.8. The summed E-state index contributed by atoms with van der Waals surface area (Å²) in [7, 11) is 2.00. The van der Waals surface area contributed by atoms with Crippen LogP contribution >= 0.6 is 11.3 Å². The van der Waals surface area contributed by atoms with Gasteiger partial charge in [0.15, 0.2) is 5.01 Å². The number of carbonyl (C=O) groups excluding carboxylic acids is 1. The van der Waals surface area contributed by atoms with Crippen molar-refractivity contribution in [3.05, 3.63) is 100 Å². The first-order valence-electron chi connectivity index (χ1n) is 10.9. The van der Waals surface area contributed by atoms with Crippen molar-refractivity contribution in [2.75, 3.05) is 17.3 Å². The fraction of sp³-hybridized carbons (Fsp3) is 0.0741. The zero-order valence-corrected chi connectivity index (χ0v) is 19.6. The molecule has 0 radical (unpaired) electrons. The van der Waals surface area contributed by atoms with Crippen LogP contribution in [0.1, 0.15) is 25.9 Å². The Morgan fingerprint density at radius 2 is 1.82 bits per heavy atom. The quantitative estimate of drug-likeness (QED) is 0.299. The molecule has 7 heteroatoms. The number of amides is 1. The van der Waals surface area contributed by atoms with Crippen LogP contribution in [0, 0.1) is 6.92 Å². The molecule has 0 atom stereocenters. The van der Waals surface area contributed by atoms with E-state index in [1.165, 1.54) is 11.3 Å². The molecule has 2 N–H and O–H groups in total. The molecule has 0 spiro atoms. The number of aryl methyl sites for hydroxylation is 1. The van der Waals surface area contributed by atoms with Gasteiger partial charge in [-0.05, 0) is 55.0 Å². The second-order valence-corrected chi connectivity index (χ2v) is 9.16. The molecule has 1 amide bonds. The Kier molecular flexibility index (Phi) is 5.93. The Morgan fingerprint density at radius 3 is 2.62 bits per heavy atom. The van der Waals surface area contributed by atoms with Crippen LogP contribution in [-0.4, -0.2) is 28.1 Å². The van der Waals surface area contributed by atoms with Crippen molar-refractivity contribution >= 4 is 57.4 Å². The fourth-order valence-corrected chi connectivity index (χ4v) is 4.35. The number of fused-ring (bicyclic) bond motifs is 1. The highest BCUT2D eigenvalue weighted by Crippen LogP contribution is 2.29. The maximum absolute atomic E-state index is 12.5. The van der Waals surface area contributed by atoms with Crippen LogP contribution in [0.15, 0.2) is 79.0 Å². The molecule has 0 saturated heterocycles. The lowest BCUT2D eigenvalue weighted by Crippen LogP contribution is -2.13. The second kappa shape index (κ2) is 9.33. The standard InChI is InChI=1S/C27H23N5OS/c1-18-17-28-27(34-18)26(33)29-20-9-6-10-21(15-20)32(2)22-12-13-23-24(30-31-25(23)16-22)14-11-19-7-4-3-5-8-19/h3-17H,1-2H3,(H,29,33)(H,30,31). The molecule has 0 saturated carbocycles. The van der Waals surface area contributed by atoms with Crippen LogP contribution in [0.2, 0.25) is 0 Å². The third-order valence-corrected chi connectivity index (χ3v) is 6.41. The molecule has 168 valence electrons. The number of nitrogens with one attached hydrogen (secondary N) is 2. The number of nitrogens with zero attached hydrogens (tertiary/aromatic N) is 3. The first-order chi connectivity index (χ1) is 16.6. The Bertz CT molecular complexity index is 1490. The van der Waals surface area contributed by atoms with Gasteiger partial charge in [0.25, 0.3) is 5.91 Å². The molecule has 2 heterocycles. The molecular weight excluding hydrogens is 442 g/mol. The number of anilines is 3. The third kappa shape index (κ3) is 4.60. The van der Waals surface area contributed by atoms with Gasteiger partial charge in [-0.25, -0.2) is 4.98 Å². The Balaban J connectivity index is 1.35. The number of benzene rings is 3. The smallest absolute Gasteiger partial charge is 0.284 e. The van der Waals surface area contributed by atoms with Gasteiger partial charge < -0.3 is 10.2 Å². The van der Waals surface area contributed by atoms with E-state index in [0.29, 0.717) is 5.01 Å². The van der Waals surface area contributed by atoms with Gasteiger partial charge in [0, 0.05) is 40.6 Å². The molecule has 3 aromatic carbocycles. The largest absolute Gasteiger partial charge is 0.344 e. The van der Waals surface area contributed by atoms with E-state index in [-0.39, 0.29) is 5.91 Å². The maximum Gasteiger partial charge on any atom is 0.284 e. The summed E-state index contributed by atoms with van der Waals surface area (Å²) in [6.45, 7) is 1.93. The van der Waals surface area contributed by atoms with E-state index < -0.39 is 0 Å². The summed E-state index contributed by atoms with van der Waals surface area (Å²) in [5, 5.41) is 12.1. The van der Waals surface area contributed by atoms with Crippen molar-refractivity contribution in [2.24, 2.45) is 0 Å². The summed E-state index contributed by atoms with van der Waals surface area (Å²) < 4.78 is 0. The summed E-state index contributed by atoms with van der Waals surface area (Å²) >= 11 is 1.38. The van der Waals surface area contributed by atoms with E-state index in [2.05, 4.69) is 61.8 Å². The number of aromatic amines is 1. The first-order valence-corrected chi connectivity index (χ1v) is 11.7. The molecule has 0 fully saturated rings. The minimum Gasteiger partial charge on any atom is -0.344 e. The minimum absolute atomic E-state index is 0.201. The van der Waals surface area contributed by atoms with Gasteiger partial charge in [0.2, 0.25) is 0 Å². The number of thiazole rings is 1. The predicted molar refractivity (Wildman–Crippen MR) is 141 cm³/mol. The molecule has 5 rings (SSSR count). The van der Waals surface area contributed by atoms with Crippen LogP contribution < -0.4 is 10.2 Å². The number of H-pyrrole nitrogens is 1. The Hall–Kier alpha value is -4.23. The van der Waals surface area contributed by atoms with Crippen molar-refractivity contribution < 1.29 is 4.79 Å². The maximum atomic E-state index is 12.5. The van der Waals surface area contributed by atoms with Gasteiger partial charge in [-0.15, -0.1) is 11.3 Å². The summed E-state index contributed by atoms with van der Waals surface area (Å²) in [5.74, 6) is -0.201. The van der Waals surface area contributed by atoms with Crippen molar-refractivity contribution in [1.82, 2.24) is 15.2 Å². The van der Waals surface area contributed by atoms with Gasteiger partial charge >= 0.3 is 0 Å². The lowest BCUT2D eigenvalue weighted by molar-refractivity contribution is 0.102. The van der Waals surface area contributed by atoms with Crippen LogP contribution in [-0.2, 0) is 0 Å². The fourth-order valence-electron chi connectivity index (χ4n) is 3.69. The lowest BCUT2D eigenvalue weighted by Gasteiger charge is -2.20. The first kappa shape index (κ1) is 21.6. The van der Waals surface area contributed by atoms with E-state index in [0.717, 1.165) is 44.1 Å². The Morgan fingerprint density at radius 1 is 1.00 bits per heavy atom. The minimum atomic E-state index is -0.201. The molecule has 5 aromatic rings. The van der Waals surface area contributed by atoms with Gasteiger partial charge in [0.1, 0.15) is 0 Å². The highest BCUT2D eigenvalue weighted by atomic mass is 32.1.